The monoisotopic (exact) mass is 584 g/mol. The summed E-state index contributed by atoms with van der Waals surface area (Å²) < 4.78 is 2.67. The molecule has 0 aliphatic heterocycles. The van der Waals surface area contributed by atoms with Gasteiger partial charge in [0.2, 0.25) is 0 Å². The fraction of sp³-hybridized carbons (Fsp3) is 0. The van der Waals surface area contributed by atoms with E-state index in [1.165, 1.54) is 108 Å². The summed E-state index contributed by atoms with van der Waals surface area (Å²) >= 11 is 1.89. The van der Waals surface area contributed by atoms with Crippen LogP contribution in [0.1, 0.15) is 0 Å². The van der Waals surface area contributed by atoms with Crippen molar-refractivity contribution in [2.24, 2.45) is 0 Å². The lowest BCUT2D eigenvalue weighted by atomic mass is 9.89. The molecule has 1 aliphatic rings. The molecule has 0 radical (unpaired) electrons. The van der Waals surface area contributed by atoms with Gasteiger partial charge < -0.3 is 0 Å². The maximum atomic E-state index is 2.42. The molecule has 0 saturated carbocycles. The van der Waals surface area contributed by atoms with E-state index in [1.807, 2.05) is 11.3 Å². The third-order valence-electron chi connectivity index (χ3n) is 10.1. The van der Waals surface area contributed by atoms with Gasteiger partial charge in [-0.2, -0.15) is 0 Å². The van der Waals surface area contributed by atoms with Crippen LogP contribution in [0.5, 0.6) is 0 Å². The van der Waals surface area contributed by atoms with Gasteiger partial charge >= 0.3 is 0 Å². The number of rotatable bonds is 2. The summed E-state index contributed by atoms with van der Waals surface area (Å²) in [7, 11) is 0. The largest absolute Gasteiger partial charge is 0.135 e. The van der Waals surface area contributed by atoms with Crippen molar-refractivity contribution in [2.75, 3.05) is 0 Å². The molecule has 45 heavy (non-hydrogen) atoms. The Hall–Kier alpha value is -5.50. The van der Waals surface area contributed by atoms with Crippen molar-refractivity contribution >= 4 is 74.6 Å². The predicted molar refractivity (Wildman–Crippen MR) is 196 cm³/mol. The summed E-state index contributed by atoms with van der Waals surface area (Å²) in [4.78, 5) is 0. The van der Waals surface area contributed by atoms with Gasteiger partial charge in [0.25, 0.3) is 0 Å². The summed E-state index contributed by atoms with van der Waals surface area (Å²) in [6.07, 6.45) is 0. The minimum atomic E-state index is 1.27. The van der Waals surface area contributed by atoms with Crippen LogP contribution >= 0.6 is 11.3 Å². The molecule has 1 aromatic heterocycles. The third kappa shape index (κ3) is 3.21. The van der Waals surface area contributed by atoms with Crippen LogP contribution in [0.3, 0.4) is 0 Å². The van der Waals surface area contributed by atoms with Gasteiger partial charge in [0, 0.05) is 20.2 Å². The van der Waals surface area contributed by atoms with E-state index < -0.39 is 0 Å². The summed E-state index contributed by atoms with van der Waals surface area (Å²) in [6, 6.07) is 54.8. The fourth-order valence-electron chi connectivity index (χ4n) is 8.08. The molecule has 10 aromatic rings. The second-order valence-electron chi connectivity index (χ2n) is 12.5. The highest BCUT2D eigenvalue weighted by atomic mass is 32.1. The van der Waals surface area contributed by atoms with E-state index in [0.29, 0.717) is 0 Å². The average molecular weight is 585 g/mol. The molecule has 0 atom stereocenters. The van der Waals surface area contributed by atoms with Crippen LogP contribution in [0.25, 0.3) is 108 Å². The van der Waals surface area contributed by atoms with E-state index in [1.54, 1.807) is 0 Å². The zero-order valence-corrected chi connectivity index (χ0v) is 25.1. The molecule has 0 saturated heterocycles. The van der Waals surface area contributed by atoms with Crippen LogP contribution in [0.15, 0.2) is 146 Å². The molecule has 206 valence electrons. The number of benzene rings is 9. The van der Waals surface area contributed by atoms with Crippen molar-refractivity contribution in [2.45, 2.75) is 0 Å². The van der Waals surface area contributed by atoms with Crippen LogP contribution in [0.2, 0.25) is 0 Å². The normalized spacial score (nSPS) is 12.4. The predicted octanol–water partition coefficient (Wildman–Crippen LogP) is 13.1. The molecule has 0 nitrogen and oxygen atoms in total. The average Bonchev–Trinajstić information content (AvgIpc) is 3.63. The molecule has 9 aromatic carbocycles. The quantitative estimate of drug-likeness (QED) is 0.177. The molecule has 1 aliphatic carbocycles. The summed E-state index contributed by atoms with van der Waals surface area (Å²) in [6.45, 7) is 0. The molecular weight excluding hydrogens is 561 g/mol. The van der Waals surface area contributed by atoms with E-state index >= 15 is 0 Å². The van der Waals surface area contributed by atoms with Gasteiger partial charge in [-0.25, -0.2) is 0 Å². The Morgan fingerprint density at radius 2 is 0.822 bits per heavy atom. The van der Waals surface area contributed by atoms with Crippen LogP contribution in [-0.4, -0.2) is 0 Å². The zero-order valence-electron chi connectivity index (χ0n) is 24.3. The van der Waals surface area contributed by atoms with Gasteiger partial charge in [-0.1, -0.05) is 115 Å². The first-order valence-electron chi connectivity index (χ1n) is 15.6. The van der Waals surface area contributed by atoms with Crippen molar-refractivity contribution < 1.29 is 0 Å². The Morgan fingerprint density at radius 1 is 0.289 bits per heavy atom. The SMILES string of the molecule is c1cc2c3c(cccc3c1)-c1cc(-c3ccc4sc5ccc(-c6ccc7ccc8cccc9ccc6c7c89)cc5c4c3)ccc1-2. The van der Waals surface area contributed by atoms with Crippen molar-refractivity contribution in [3.05, 3.63) is 146 Å². The Bertz CT molecular complexity index is 2850. The lowest BCUT2D eigenvalue weighted by Crippen LogP contribution is -1.87. The van der Waals surface area contributed by atoms with Gasteiger partial charge in [0.15, 0.2) is 0 Å². The molecular formula is C44H24S. The minimum Gasteiger partial charge on any atom is -0.135 e. The topological polar surface area (TPSA) is 0 Å². The van der Waals surface area contributed by atoms with Crippen LogP contribution in [0.4, 0.5) is 0 Å². The van der Waals surface area contributed by atoms with Crippen LogP contribution < -0.4 is 0 Å². The van der Waals surface area contributed by atoms with Gasteiger partial charge in [-0.3, -0.25) is 0 Å². The highest BCUT2D eigenvalue weighted by Gasteiger charge is 2.21. The minimum absolute atomic E-state index is 1.27. The van der Waals surface area contributed by atoms with Gasteiger partial charge in [0.1, 0.15) is 0 Å². The second kappa shape index (κ2) is 8.57. The summed E-state index contributed by atoms with van der Waals surface area (Å²) in [5.41, 5.74) is 10.5. The van der Waals surface area contributed by atoms with Crippen LogP contribution in [-0.2, 0) is 0 Å². The summed E-state index contributed by atoms with van der Waals surface area (Å²) in [5.74, 6) is 0. The first kappa shape index (κ1) is 23.9. The van der Waals surface area contributed by atoms with E-state index in [4.69, 9.17) is 0 Å². The first-order valence-corrected chi connectivity index (χ1v) is 16.4. The maximum absolute atomic E-state index is 2.42. The Kier molecular flexibility index (Phi) is 4.55. The Balaban J connectivity index is 1.08. The van der Waals surface area contributed by atoms with Crippen molar-refractivity contribution in [1.82, 2.24) is 0 Å². The molecule has 0 fully saturated rings. The summed E-state index contributed by atoms with van der Waals surface area (Å²) in [5, 5.41) is 13.3. The smallest absolute Gasteiger partial charge is 0.0355 e. The van der Waals surface area contributed by atoms with E-state index in [-0.39, 0.29) is 0 Å². The number of fused-ring (bicyclic) bond motifs is 6. The third-order valence-corrected chi connectivity index (χ3v) is 11.3. The number of hydrogen-bond donors (Lipinski definition) is 0. The lowest BCUT2D eigenvalue weighted by Gasteiger charge is -2.14. The van der Waals surface area contributed by atoms with E-state index in [0.717, 1.165) is 0 Å². The van der Waals surface area contributed by atoms with Gasteiger partial charge in [-0.05, 0) is 118 Å². The number of hydrogen-bond acceptors (Lipinski definition) is 1. The molecule has 0 unspecified atom stereocenters. The lowest BCUT2D eigenvalue weighted by molar-refractivity contribution is 1.65. The molecule has 0 spiro atoms. The number of thiophene rings is 1. The molecule has 0 amide bonds. The molecule has 1 heterocycles. The van der Waals surface area contributed by atoms with Gasteiger partial charge in [0.05, 0.1) is 0 Å². The fourth-order valence-corrected chi connectivity index (χ4v) is 9.15. The molecule has 0 bridgehead atoms. The van der Waals surface area contributed by atoms with Crippen LogP contribution in [0, 0.1) is 0 Å². The van der Waals surface area contributed by atoms with Gasteiger partial charge in [-0.15, -0.1) is 11.3 Å². The highest BCUT2D eigenvalue weighted by Crippen LogP contribution is 2.49. The van der Waals surface area contributed by atoms with E-state index in [2.05, 4.69) is 146 Å². The molecule has 11 rings (SSSR count). The van der Waals surface area contributed by atoms with E-state index in [9.17, 15) is 0 Å². The zero-order chi connectivity index (χ0) is 29.2. The van der Waals surface area contributed by atoms with Crippen molar-refractivity contribution in [1.29, 1.82) is 0 Å². The standard InChI is InChI=1S/C44H24S/c1-4-26-10-11-28-12-17-32(36-19-13-27(5-1)42(26)44(28)36)31-16-21-41-39(24-31)38-23-30(15-20-40(38)45-41)29-14-18-33-34-8-2-6-25-7-3-9-35(43(25)34)37(33)22-29/h1-24H. The Morgan fingerprint density at radius 3 is 1.60 bits per heavy atom. The van der Waals surface area contributed by atoms with Crippen molar-refractivity contribution in [3.8, 4) is 44.5 Å². The second-order valence-corrected chi connectivity index (χ2v) is 13.5. The highest BCUT2D eigenvalue weighted by molar-refractivity contribution is 7.25. The Labute approximate surface area is 263 Å². The maximum Gasteiger partial charge on any atom is 0.0355 e. The van der Waals surface area contributed by atoms with Crippen molar-refractivity contribution in [3.63, 3.8) is 0 Å². The molecule has 0 N–H and O–H groups in total. The molecule has 1 heteroatoms. The first-order chi connectivity index (χ1) is 22.3.